The van der Waals surface area contributed by atoms with Crippen LogP contribution in [0.4, 0.5) is 0 Å². The molecule has 0 spiro atoms. The van der Waals surface area contributed by atoms with Crippen molar-refractivity contribution in [3.8, 4) is 5.75 Å². The van der Waals surface area contributed by atoms with E-state index in [1.54, 1.807) is 12.1 Å². The average molecular weight is 437 g/mol. The van der Waals surface area contributed by atoms with Crippen LogP contribution < -0.4 is 0 Å². The Balaban J connectivity index is 2.20. The summed E-state index contributed by atoms with van der Waals surface area (Å²) in [6.07, 6.45) is 1.81. The first-order chi connectivity index (χ1) is 10.8. The van der Waals surface area contributed by atoms with Crippen molar-refractivity contribution in [1.82, 2.24) is 4.90 Å². The van der Waals surface area contributed by atoms with Gasteiger partial charge in [-0.15, -0.1) is 0 Å². The number of carbonyl (C=O) groups excluding carboxylic acids is 1. The molecule has 2 N–H and O–H groups in total. The molecule has 9 heteroatoms. The standard InChI is InChI=1S/C14H11BrClNO4S2/c15-9-6-8(16)4-7(12(9)20)5-10-13(21)17(14(22)23-10)3-1-2-11(18)19/h4-6,20H,1-3H2,(H,18,19)/b10-5-. The molecule has 122 valence electrons. The molecule has 1 aliphatic rings. The molecule has 5 nitrogen and oxygen atoms in total. The highest BCUT2D eigenvalue weighted by Crippen LogP contribution is 2.37. The zero-order valence-corrected chi connectivity index (χ0v) is 15.6. The first kappa shape index (κ1) is 18.3. The van der Waals surface area contributed by atoms with Crippen molar-refractivity contribution in [3.63, 3.8) is 0 Å². The van der Waals surface area contributed by atoms with Gasteiger partial charge in [-0.2, -0.15) is 0 Å². The van der Waals surface area contributed by atoms with Crippen LogP contribution in [-0.4, -0.2) is 37.9 Å². The number of nitrogens with zero attached hydrogens (tertiary/aromatic N) is 1. The molecular weight excluding hydrogens is 426 g/mol. The van der Waals surface area contributed by atoms with Crippen LogP contribution >= 0.6 is 51.5 Å². The second-order valence-corrected chi connectivity index (χ2v) is 7.62. The predicted molar refractivity (Wildman–Crippen MR) is 97.6 cm³/mol. The average Bonchev–Trinajstić information content (AvgIpc) is 2.71. The molecule has 1 amide bonds. The van der Waals surface area contributed by atoms with E-state index in [1.807, 2.05) is 0 Å². The number of thioether (sulfide) groups is 1. The molecule has 2 rings (SSSR count). The van der Waals surface area contributed by atoms with E-state index in [4.69, 9.17) is 28.9 Å². The number of phenolic OH excluding ortho intramolecular Hbond substituents is 1. The van der Waals surface area contributed by atoms with Crippen LogP contribution in [0.3, 0.4) is 0 Å². The molecule has 0 unspecified atom stereocenters. The van der Waals surface area contributed by atoms with Crippen molar-refractivity contribution in [2.24, 2.45) is 0 Å². The maximum Gasteiger partial charge on any atom is 0.303 e. The van der Waals surface area contributed by atoms with Gasteiger partial charge in [-0.25, -0.2) is 0 Å². The third kappa shape index (κ3) is 4.47. The molecule has 0 saturated carbocycles. The minimum absolute atomic E-state index is 0.0226. The Labute approximate surface area is 155 Å². The zero-order chi connectivity index (χ0) is 17.1. The van der Waals surface area contributed by atoms with E-state index in [0.29, 0.717) is 30.7 Å². The molecule has 0 atom stereocenters. The third-order valence-corrected chi connectivity index (χ3v) is 5.19. The topological polar surface area (TPSA) is 77.8 Å². The monoisotopic (exact) mass is 435 g/mol. The molecule has 0 aromatic heterocycles. The molecule has 1 aromatic carbocycles. The number of carboxylic acid groups (broad SMARTS) is 1. The van der Waals surface area contributed by atoms with Crippen LogP contribution in [-0.2, 0) is 9.59 Å². The second kappa shape index (κ2) is 7.65. The van der Waals surface area contributed by atoms with Crippen molar-refractivity contribution in [2.75, 3.05) is 6.54 Å². The molecule has 1 heterocycles. The van der Waals surface area contributed by atoms with Gasteiger partial charge in [0.05, 0.1) is 9.38 Å². The fourth-order valence-electron chi connectivity index (χ4n) is 1.92. The number of hydrogen-bond donors (Lipinski definition) is 2. The fourth-order valence-corrected chi connectivity index (χ4v) is 4.05. The van der Waals surface area contributed by atoms with E-state index < -0.39 is 5.97 Å². The summed E-state index contributed by atoms with van der Waals surface area (Å²) in [6, 6.07) is 3.09. The lowest BCUT2D eigenvalue weighted by Gasteiger charge is -2.13. The second-order valence-electron chi connectivity index (χ2n) is 4.66. The molecule has 1 saturated heterocycles. The quantitative estimate of drug-likeness (QED) is 0.539. The number of thiocarbonyl (C=S) groups is 1. The lowest BCUT2D eigenvalue weighted by Crippen LogP contribution is -2.29. The normalized spacial score (nSPS) is 16.4. The number of phenols is 1. The van der Waals surface area contributed by atoms with E-state index in [0.717, 1.165) is 11.8 Å². The summed E-state index contributed by atoms with van der Waals surface area (Å²) in [4.78, 5) is 24.6. The molecular formula is C14H11BrClNO4S2. The molecule has 1 fully saturated rings. The van der Waals surface area contributed by atoms with Crippen molar-refractivity contribution < 1.29 is 19.8 Å². The third-order valence-electron chi connectivity index (χ3n) is 2.99. The van der Waals surface area contributed by atoms with Crippen LogP contribution in [0.25, 0.3) is 6.08 Å². The van der Waals surface area contributed by atoms with Crippen molar-refractivity contribution >= 4 is 73.8 Å². The van der Waals surface area contributed by atoms with Crippen molar-refractivity contribution in [1.29, 1.82) is 0 Å². The van der Waals surface area contributed by atoms with Crippen LogP contribution in [0.1, 0.15) is 18.4 Å². The number of amides is 1. The number of aromatic hydroxyl groups is 1. The highest BCUT2D eigenvalue weighted by Gasteiger charge is 2.31. The maximum atomic E-state index is 12.4. The summed E-state index contributed by atoms with van der Waals surface area (Å²) >= 11 is 15.4. The van der Waals surface area contributed by atoms with Gasteiger partial charge in [-0.1, -0.05) is 35.6 Å². The van der Waals surface area contributed by atoms with Gasteiger partial charge in [0.1, 0.15) is 10.1 Å². The maximum absolute atomic E-state index is 12.4. The Bertz CT molecular complexity index is 723. The van der Waals surface area contributed by atoms with Crippen LogP contribution in [0.5, 0.6) is 5.75 Å². The Morgan fingerprint density at radius 3 is 2.83 bits per heavy atom. The van der Waals surface area contributed by atoms with E-state index in [-0.39, 0.29) is 24.6 Å². The first-order valence-electron chi connectivity index (χ1n) is 6.44. The molecule has 0 bridgehead atoms. The fraction of sp³-hybridized carbons (Fsp3) is 0.214. The lowest BCUT2D eigenvalue weighted by molar-refractivity contribution is -0.137. The number of aliphatic carboxylic acids is 1. The minimum atomic E-state index is -0.917. The minimum Gasteiger partial charge on any atom is -0.506 e. The number of carbonyl (C=O) groups is 2. The van der Waals surface area contributed by atoms with Gasteiger partial charge in [0, 0.05) is 23.6 Å². The van der Waals surface area contributed by atoms with E-state index >= 15 is 0 Å². The summed E-state index contributed by atoms with van der Waals surface area (Å²) in [7, 11) is 0. The van der Waals surface area contributed by atoms with Gasteiger partial charge in [0.25, 0.3) is 5.91 Å². The van der Waals surface area contributed by atoms with E-state index in [9.17, 15) is 14.7 Å². The summed E-state index contributed by atoms with van der Waals surface area (Å²) in [5.74, 6) is -1.24. The largest absolute Gasteiger partial charge is 0.506 e. The molecule has 0 radical (unpaired) electrons. The summed E-state index contributed by atoms with van der Waals surface area (Å²) in [5.41, 5.74) is 0.399. The molecule has 1 aromatic rings. The molecule has 0 aliphatic carbocycles. The number of halogens is 2. The van der Waals surface area contributed by atoms with Gasteiger partial charge in [-0.3, -0.25) is 14.5 Å². The Morgan fingerprint density at radius 2 is 2.17 bits per heavy atom. The van der Waals surface area contributed by atoms with E-state index in [1.165, 1.54) is 11.0 Å². The predicted octanol–water partition coefficient (Wildman–Crippen LogP) is 3.87. The number of hydrogen-bond acceptors (Lipinski definition) is 5. The van der Waals surface area contributed by atoms with Gasteiger partial charge in [0.2, 0.25) is 0 Å². The van der Waals surface area contributed by atoms with Gasteiger partial charge in [0.15, 0.2) is 0 Å². The van der Waals surface area contributed by atoms with Crippen molar-refractivity contribution in [2.45, 2.75) is 12.8 Å². The van der Waals surface area contributed by atoms with Crippen LogP contribution in [0, 0.1) is 0 Å². The zero-order valence-electron chi connectivity index (χ0n) is 11.6. The van der Waals surface area contributed by atoms with E-state index in [2.05, 4.69) is 15.9 Å². The summed E-state index contributed by atoms with van der Waals surface area (Å²) in [5, 5.41) is 19.1. The van der Waals surface area contributed by atoms with Gasteiger partial charge < -0.3 is 10.2 Å². The van der Waals surface area contributed by atoms with Gasteiger partial charge >= 0.3 is 5.97 Å². The highest BCUT2D eigenvalue weighted by molar-refractivity contribution is 9.10. The van der Waals surface area contributed by atoms with Crippen molar-refractivity contribution in [3.05, 3.63) is 32.1 Å². The summed E-state index contributed by atoms with van der Waals surface area (Å²) < 4.78 is 0.792. The Morgan fingerprint density at radius 1 is 1.48 bits per heavy atom. The number of carboxylic acids is 1. The first-order valence-corrected chi connectivity index (χ1v) is 8.84. The Hall–Kier alpha value is -1.09. The summed E-state index contributed by atoms with van der Waals surface area (Å²) in [6.45, 7) is 0.250. The van der Waals surface area contributed by atoms with Crippen LogP contribution in [0.15, 0.2) is 21.5 Å². The smallest absolute Gasteiger partial charge is 0.303 e. The number of benzene rings is 1. The SMILES string of the molecule is O=C(O)CCCN1C(=O)/C(=C/c2cc(Cl)cc(Br)c2O)SC1=S. The number of rotatable bonds is 5. The van der Waals surface area contributed by atoms with Gasteiger partial charge in [-0.05, 0) is 40.6 Å². The highest BCUT2D eigenvalue weighted by atomic mass is 79.9. The molecule has 1 aliphatic heterocycles. The van der Waals surface area contributed by atoms with Crippen LogP contribution in [0.2, 0.25) is 5.02 Å². The Kier molecular flexibility index (Phi) is 6.07. The molecule has 23 heavy (non-hydrogen) atoms. The lowest BCUT2D eigenvalue weighted by atomic mass is 10.2.